The molecule has 1 aliphatic carbocycles. The van der Waals surface area contributed by atoms with E-state index in [2.05, 4.69) is 20.3 Å². The number of aromatic nitrogens is 2. The van der Waals surface area contributed by atoms with Crippen molar-refractivity contribution in [3.8, 4) is 0 Å². The summed E-state index contributed by atoms with van der Waals surface area (Å²) < 4.78 is 34.1. The molecule has 1 aliphatic heterocycles. The van der Waals surface area contributed by atoms with Gasteiger partial charge in [-0.05, 0) is 54.0 Å². The molecule has 180 valence electrons. The molecule has 0 fully saturated rings. The average molecular weight is 525 g/mol. The number of carbonyl (C=O) groups excluding carboxylic acids is 1. The number of esters is 1. The monoisotopic (exact) mass is 524 g/mol. The molecule has 3 aromatic rings. The Morgan fingerprint density at radius 1 is 1.08 bits per heavy atom. The van der Waals surface area contributed by atoms with Gasteiger partial charge in [0.2, 0.25) is 5.95 Å². The molecule has 0 radical (unpaired) electrons. The molecule has 0 amide bonds. The van der Waals surface area contributed by atoms with Crippen LogP contribution in [0.4, 0.5) is 20.4 Å². The lowest BCUT2D eigenvalue weighted by Crippen LogP contribution is -2.10. The first-order valence-corrected chi connectivity index (χ1v) is 11.4. The number of allylic oxidation sites excluding steroid dienone is 5. The molecular formula is C26H16Cl2F2N4O2. The largest absolute Gasteiger partial charge is 0.465 e. The van der Waals surface area contributed by atoms with Crippen molar-refractivity contribution in [2.45, 2.75) is 6.42 Å². The maximum absolute atomic E-state index is 14.7. The summed E-state index contributed by atoms with van der Waals surface area (Å²) in [4.78, 5) is 25.0. The highest BCUT2D eigenvalue weighted by molar-refractivity contribution is 6.69. The highest BCUT2D eigenvalue weighted by atomic mass is 35.5. The second-order valence-corrected chi connectivity index (χ2v) is 8.64. The Hall–Kier alpha value is -3.88. The van der Waals surface area contributed by atoms with Gasteiger partial charge in [0.15, 0.2) is 0 Å². The minimum Gasteiger partial charge on any atom is -0.465 e. The summed E-state index contributed by atoms with van der Waals surface area (Å²) in [5.41, 5.74) is 3.30. The maximum Gasteiger partial charge on any atom is 0.339 e. The first kappa shape index (κ1) is 23.8. The molecule has 36 heavy (non-hydrogen) atoms. The Morgan fingerprint density at radius 2 is 1.86 bits per heavy atom. The van der Waals surface area contributed by atoms with Crippen molar-refractivity contribution < 1.29 is 18.3 Å². The second-order valence-electron chi connectivity index (χ2n) is 7.85. The molecule has 2 heterocycles. The van der Waals surface area contributed by atoms with E-state index in [-0.39, 0.29) is 32.8 Å². The van der Waals surface area contributed by atoms with Crippen LogP contribution in [-0.2, 0) is 11.2 Å². The molecule has 1 aromatic heterocycles. The first-order chi connectivity index (χ1) is 17.4. The molecule has 0 unspecified atom stereocenters. The van der Waals surface area contributed by atoms with Gasteiger partial charge in [-0.2, -0.15) is 0 Å². The summed E-state index contributed by atoms with van der Waals surface area (Å²) in [5, 5.41) is 3.33. The third-order valence-corrected chi connectivity index (χ3v) is 6.19. The molecule has 0 saturated heterocycles. The summed E-state index contributed by atoms with van der Waals surface area (Å²) in [6.07, 6.45) is 6.90. The zero-order valence-corrected chi connectivity index (χ0v) is 20.2. The number of aliphatic imine (C=N–C) groups is 1. The van der Waals surface area contributed by atoms with Crippen molar-refractivity contribution in [1.29, 1.82) is 0 Å². The van der Waals surface area contributed by atoms with E-state index in [1.165, 1.54) is 43.7 Å². The smallest absolute Gasteiger partial charge is 0.339 e. The zero-order valence-electron chi connectivity index (χ0n) is 18.7. The van der Waals surface area contributed by atoms with Gasteiger partial charge in [0.05, 0.1) is 29.0 Å². The van der Waals surface area contributed by atoms with Crippen molar-refractivity contribution in [3.63, 3.8) is 0 Å². The molecule has 0 bridgehead atoms. The number of nitrogens with zero attached hydrogens (tertiary/aromatic N) is 3. The van der Waals surface area contributed by atoms with Crippen molar-refractivity contribution in [2.24, 2.45) is 4.99 Å². The standard InChI is InChI=1S/C26H16Cl2F2N4O2/c1-36-25(35)16-8-6-14(9-19(16)27)33-26-32-11-13-5-7-15-17(23-20(29)3-2-4-21(23)30)10-22(28)31-12-18(15)24(13)34-26/h2-4,6-12H,5H2,1H3,(H,32,33,34). The van der Waals surface area contributed by atoms with E-state index < -0.39 is 17.6 Å². The Bertz CT molecular complexity index is 1530. The molecule has 10 heteroatoms. The Labute approximate surface area is 214 Å². The van der Waals surface area contributed by atoms with Crippen LogP contribution in [-0.4, -0.2) is 28.2 Å². The van der Waals surface area contributed by atoms with Gasteiger partial charge in [-0.3, -0.25) is 0 Å². The molecule has 2 aliphatic rings. The van der Waals surface area contributed by atoms with Gasteiger partial charge in [-0.15, -0.1) is 0 Å². The Balaban J connectivity index is 1.53. The lowest BCUT2D eigenvalue weighted by Gasteiger charge is -2.22. The fourth-order valence-corrected chi connectivity index (χ4v) is 4.42. The second kappa shape index (κ2) is 9.64. The summed E-state index contributed by atoms with van der Waals surface area (Å²) >= 11 is 12.4. The van der Waals surface area contributed by atoms with E-state index in [1.807, 2.05) is 6.08 Å². The molecule has 0 saturated carbocycles. The normalized spacial score (nSPS) is 14.4. The fraction of sp³-hybridized carbons (Fsp3) is 0.0769. The highest BCUT2D eigenvalue weighted by Gasteiger charge is 2.27. The van der Waals surface area contributed by atoms with Gasteiger partial charge in [-0.1, -0.05) is 35.3 Å². The number of rotatable bonds is 4. The minimum absolute atomic E-state index is 0.0738. The summed E-state index contributed by atoms with van der Waals surface area (Å²) in [6, 6.07) is 8.41. The third-order valence-electron chi connectivity index (χ3n) is 5.67. The van der Waals surface area contributed by atoms with E-state index in [0.717, 1.165) is 5.56 Å². The first-order valence-electron chi connectivity index (χ1n) is 10.7. The lowest BCUT2D eigenvalue weighted by molar-refractivity contribution is 0.0601. The topological polar surface area (TPSA) is 76.5 Å². The Morgan fingerprint density at radius 3 is 2.58 bits per heavy atom. The van der Waals surface area contributed by atoms with E-state index >= 15 is 0 Å². The summed E-state index contributed by atoms with van der Waals surface area (Å²) in [5.74, 6) is -1.72. The van der Waals surface area contributed by atoms with E-state index in [9.17, 15) is 13.6 Å². The molecular weight excluding hydrogens is 509 g/mol. The number of halogens is 4. The predicted molar refractivity (Wildman–Crippen MR) is 135 cm³/mol. The van der Waals surface area contributed by atoms with Crippen LogP contribution in [0.2, 0.25) is 5.02 Å². The van der Waals surface area contributed by atoms with Crippen LogP contribution in [0.1, 0.15) is 27.2 Å². The third kappa shape index (κ3) is 4.41. The van der Waals surface area contributed by atoms with E-state index in [0.29, 0.717) is 28.9 Å². The van der Waals surface area contributed by atoms with E-state index in [4.69, 9.17) is 27.9 Å². The highest BCUT2D eigenvalue weighted by Crippen LogP contribution is 2.41. The van der Waals surface area contributed by atoms with Crippen molar-refractivity contribution in [2.75, 3.05) is 12.4 Å². The summed E-state index contributed by atoms with van der Waals surface area (Å²) in [6.45, 7) is 0. The number of benzene rings is 2. The molecule has 5 rings (SSSR count). The minimum atomic E-state index is -0.712. The zero-order chi connectivity index (χ0) is 25.4. The van der Waals surface area contributed by atoms with Crippen molar-refractivity contribution in [1.82, 2.24) is 9.97 Å². The molecule has 6 nitrogen and oxygen atoms in total. The number of hydrogen-bond donors (Lipinski definition) is 1. The number of nitrogens with one attached hydrogen (secondary N) is 1. The fourth-order valence-electron chi connectivity index (χ4n) is 4.00. The van der Waals surface area contributed by atoms with Gasteiger partial charge in [0, 0.05) is 29.2 Å². The van der Waals surface area contributed by atoms with Crippen molar-refractivity contribution >= 4 is 57.1 Å². The van der Waals surface area contributed by atoms with E-state index in [1.54, 1.807) is 18.3 Å². The van der Waals surface area contributed by atoms with Gasteiger partial charge in [-0.25, -0.2) is 28.5 Å². The quantitative estimate of drug-likeness (QED) is 0.394. The number of carbonyl (C=O) groups is 1. The van der Waals surface area contributed by atoms with Crippen LogP contribution >= 0.6 is 23.2 Å². The van der Waals surface area contributed by atoms with Crippen LogP contribution < -0.4 is 5.32 Å². The van der Waals surface area contributed by atoms with Crippen LogP contribution in [0.25, 0.3) is 11.1 Å². The predicted octanol–water partition coefficient (Wildman–Crippen LogP) is 6.50. The maximum atomic E-state index is 14.7. The van der Waals surface area contributed by atoms with Crippen LogP contribution in [0.15, 0.2) is 71.5 Å². The average Bonchev–Trinajstić information content (AvgIpc) is 3.02. The number of methoxy groups -OCH3 is 1. The number of hydrogen-bond acceptors (Lipinski definition) is 6. The number of anilines is 2. The van der Waals surface area contributed by atoms with Gasteiger partial charge >= 0.3 is 5.97 Å². The molecule has 0 atom stereocenters. The van der Waals surface area contributed by atoms with Gasteiger partial charge < -0.3 is 10.1 Å². The molecule has 0 spiro atoms. The van der Waals surface area contributed by atoms with Gasteiger partial charge in [0.1, 0.15) is 16.8 Å². The number of ether oxygens (including phenoxy) is 1. The summed E-state index contributed by atoms with van der Waals surface area (Å²) in [7, 11) is 1.27. The molecule has 1 N–H and O–H groups in total. The molecule has 2 aromatic carbocycles. The lowest BCUT2D eigenvalue weighted by atomic mass is 9.84. The van der Waals surface area contributed by atoms with Gasteiger partial charge in [0.25, 0.3) is 0 Å². The van der Waals surface area contributed by atoms with Crippen LogP contribution in [0.3, 0.4) is 0 Å². The van der Waals surface area contributed by atoms with Crippen LogP contribution in [0.5, 0.6) is 0 Å². The van der Waals surface area contributed by atoms with Crippen LogP contribution in [0, 0.1) is 11.6 Å². The van der Waals surface area contributed by atoms with Crippen molar-refractivity contribution in [3.05, 3.63) is 106 Å². The Kier molecular flexibility index (Phi) is 6.38. The number of fused-ring (bicyclic) bond motifs is 3. The SMILES string of the molecule is COC(=O)c1ccc(Nc2ncc3c(n2)C2=CN=C(Cl)C=C(c4c(F)cccc4F)C2=CC3)cc1Cl.